The van der Waals surface area contributed by atoms with Gasteiger partial charge in [0.2, 0.25) is 0 Å². The van der Waals surface area contributed by atoms with E-state index < -0.39 is 12.6 Å². The van der Waals surface area contributed by atoms with Gasteiger partial charge in [-0.2, -0.15) is 0 Å². The molecule has 0 N–H and O–H groups in total. The van der Waals surface area contributed by atoms with E-state index >= 15 is 0 Å². The monoisotopic (exact) mass is 602 g/mol. The molecule has 7 nitrogen and oxygen atoms in total. The maximum atomic E-state index is 13.5. The van der Waals surface area contributed by atoms with Crippen LogP contribution >= 0.6 is 0 Å². The van der Waals surface area contributed by atoms with Crippen molar-refractivity contribution in [3.63, 3.8) is 0 Å². The van der Waals surface area contributed by atoms with Crippen molar-refractivity contribution < 1.29 is 23.9 Å². The zero-order chi connectivity index (χ0) is 31.8. The minimum Gasteiger partial charge on any atom is -0.454 e. The standard InChI is InChI=1S/C39H26N2O5/c1-24-11-20-34-32(21-24)33(39(45)46-23-36(42)28-14-12-26(13-15-28)25-7-3-2-4-8-25)22-35(40-34)27-16-18-29(19-17-27)41-37(43)30-9-5-6-10-31(30)38(41)44/h2-22H,23H2,1H3. The Labute approximate surface area is 264 Å². The predicted molar refractivity (Wildman–Crippen MR) is 176 cm³/mol. The van der Waals surface area contributed by atoms with Crippen molar-refractivity contribution in [2.45, 2.75) is 6.92 Å². The van der Waals surface area contributed by atoms with Gasteiger partial charge in [-0.25, -0.2) is 14.7 Å². The van der Waals surface area contributed by atoms with Gasteiger partial charge in [-0.3, -0.25) is 14.4 Å². The second kappa shape index (κ2) is 11.7. The fraction of sp³-hybridized carbons (Fsp3) is 0.0513. The van der Waals surface area contributed by atoms with Gasteiger partial charge in [-0.15, -0.1) is 0 Å². The highest BCUT2D eigenvalue weighted by molar-refractivity contribution is 6.34. The van der Waals surface area contributed by atoms with Crippen LogP contribution in [0.5, 0.6) is 0 Å². The van der Waals surface area contributed by atoms with E-state index in [2.05, 4.69) is 0 Å². The van der Waals surface area contributed by atoms with Gasteiger partial charge in [0.15, 0.2) is 12.4 Å². The molecular formula is C39H26N2O5. The summed E-state index contributed by atoms with van der Waals surface area (Å²) in [5.74, 6) is -1.71. The molecule has 46 heavy (non-hydrogen) atoms. The highest BCUT2D eigenvalue weighted by Gasteiger charge is 2.36. The van der Waals surface area contributed by atoms with Crippen LogP contribution < -0.4 is 4.90 Å². The molecule has 1 aromatic heterocycles. The first-order valence-corrected chi connectivity index (χ1v) is 14.7. The maximum absolute atomic E-state index is 13.5. The van der Waals surface area contributed by atoms with E-state index in [1.165, 1.54) is 0 Å². The summed E-state index contributed by atoms with van der Waals surface area (Å²) in [6.07, 6.45) is 0. The predicted octanol–water partition coefficient (Wildman–Crippen LogP) is 7.72. The molecule has 6 aromatic rings. The number of ether oxygens (including phenoxy) is 1. The van der Waals surface area contributed by atoms with E-state index in [1.54, 1.807) is 66.7 Å². The lowest BCUT2D eigenvalue weighted by molar-refractivity contribution is 0.0476. The average Bonchev–Trinajstić information content (AvgIpc) is 3.36. The minimum atomic E-state index is -0.642. The van der Waals surface area contributed by atoms with Crippen LogP contribution in [0, 0.1) is 6.92 Å². The molecule has 2 amide bonds. The Morgan fingerprint density at radius 1 is 0.674 bits per heavy atom. The molecule has 7 rings (SSSR count). The van der Waals surface area contributed by atoms with Gasteiger partial charge < -0.3 is 4.74 Å². The van der Waals surface area contributed by atoms with E-state index in [4.69, 9.17) is 9.72 Å². The number of esters is 1. The molecule has 2 heterocycles. The third-order valence-corrected chi connectivity index (χ3v) is 8.05. The van der Waals surface area contributed by atoms with Crippen molar-refractivity contribution in [3.05, 3.63) is 155 Å². The van der Waals surface area contributed by atoms with Crippen molar-refractivity contribution in [3.8, 4) is 22.4 Å². The number of carbonyl (C=O) groups excluding carboxylic acids is 4. The van der Waals surface area contributed by atoms with Gasteiger partial charge in [0.05, 0.1) is 33.6 Å². The zero-order valence-electron chi connectivity index (χ0n) is 24.8. The van der Waals surface area contributed by atoms with E-state index in [-0.39, 0.29) is 23.2 Å². The normalized spacial score (nSPS) is 12.3. The van der Waals surface area contributed by atoms with Gasteiger partial charge in [0.25, 0.3) is 11.8 Å². The number of carbonyl (C=O) groups is 4. The molecule has 1 aliphatic rings. The lowest BCUT2D eigenvalue weighted by atomic mass is 10.0. The Balaban J connectivity index is 1.13. The summed E-state index contributed by atoms with van der Waals surface area (Å²) < 4.78 is 5.54. The number of amides is 2. The molecule has 0 saturated carbocycles. The number of fused-ring (bicyclic) bond motifs is 2. The molecule has 0 aliphatic carbocycles. The molecule has 0 atom stereocenters. The first kappa shape index (κ1) is 28.6. The van der Waals surface area contributed by atoms with Crippen LogP contribution in [0.3, 0.4) is 0 Å². The smallest absolute Gasteiger partial charge is 0.339 e. The largest absolute Gasteiger partial charge is 0.454 e. The number of pyridine rings is 1. The van der Waals surface area contributed by atoms with Crippen LogP contribution in [0.25, 0.3) is 33.3 Å². The van der Waals surface area contributed by atoms with Crippen molar-refractivity contribution in [2.24, 2.45) is 0 Å². The van der Waals surface area contributed by atoms with Crippen LogP contribution in [0.1, 0.15) is 47.0 Å². The lowest BCUT2D eigenvalue weighted by Crippen LogP contribution is -2.29. The van der Waals surface area contributed by atoms with Crippen LogP contribution in [0.15, 0.2) is 127 Å². The topological polar surface area (TPSA) is 93.6 Å². The summed E-state index contributed by atoms with van der Waals surface area (Å²) in [6.45, 7) is 1.51. The fourth-order valence-corrected chi connectivity index (χ4v) is 5.63. The number of aromatic nitrogens is 1. The van der Waals surface area contributed by atoms with Crippen molar-refractivity contribution >= 4 is 40.2 Å². The van der Waals surface area contributed by atoms with Gasteiger partial charge >= 0.3 is 5.97 Å². The number of anilines is 1. The number of benzene rings is 5. The number of hydrogen-bond donors (Lipinski definition) is 0. The fourth-order valence-electron chi connectivity index (χ4n) is 5.63. The number of rotatable bonds is 7. The summed E-state index contributed by atoms with van der Waals surface area (Å²) in [7, 11) is 0. The van der Waals surface area contributed by atoms with E-state index in [0.717, 1.165) is 21.6 Å². The molecule has 0 fully saturated rings. The average molecular weight is 603 g/mol. The number of hydrogen-bond acceptors (Lipinski definition) is 6. The molecule has 0 saturated heterocycles. The second-order valence-electron chi connectivity index (χ2n) is 11.1. The Hall–Kier alpha value is -6.21. The Morgan fingerprint density at radius 3 is 1.96 bits per heavy atom. The van der Waals surface area contributed by atoms with E-state index in [1.807, 2.05) is 67.6 Å². The molecule has 5 aromatic carbocycles. The van der Waals surface area contributed by atoms with Crippen molar-refractivity contribution in [1.29, 1.82) is 0 Å². The van der Waals surface area contributed by atoms with E-state index in [9.17, 15) is 19.2 Å². The quantitative estimate of drug-likeness (QED) is 0.106. The summed E-state index contributed by atoms with van der Waals surface area (Å²) >= 11 is 0. The molecule has 7 heteroatoms. The molecule has 0 unspecified atom stereocenters. The molecule has 0 spiro atoms. The lowest BCUT2D eigenvalue weighted by Gasteiger charge is -2.15. The molecular weight excluding hydrogens is 576 g/mol. The molecule has 222 valence electrons. The highest BCUT2D eigenvalue weighted by Crippen LogP contribution is 2.31. The van der Waals surface area contributed by atoms with Crippen LogP contribution in [-0.2, 0) is 4.74 Å². The third-order valence-electron chi connectivity index (χ3n) is 8.05. The van der Waals surface area contributed by atoms with Crippen LogP contribution in [0.4, 0.5) is 5.69 Å². The summed E-state index contributed by atoms with van der Waals surface area (Å²) in [4.78, 5) is 58.2. The number of aryl methyl sites for hydroxylation is 1. The van der Waals surface area contributed by atoms with Crippen LogP contribution in [0.2, 0.25) is 0 Å². The number of ketones is 1. The Kier molecular flexibility index (Phi) is 7.27. The second-order valence-corrected chi connectivity index (χ2v) is 11.1. The van der Waals surface area contributed by atoms with Crippen LogP contribution in [-0.4, -0.2) is 35.2 Å². The number of nitrogens with zero attached hydrogens (tertiary/aromatic N) is 2. The third kappa shape index (κ3) is 5.24. The maximum Gasteiger partial charge on any atom is 0.339 e. The first-order valence-electron chi connectivity index (χ1n) is 14.7. The summed E-state index contributed by atoms with van der Waals surface area (Å²) in [5, 5.41) is 0.607. The summed E-state index contributed by atoms with van der Waals surface area (Å²) in [6, 6.07) is 37.9. The Morgan fingerprint density at radius 2 is 1.28 bits per heavy atom. The van der Waals surface area contributed by atoms with Crippen molar-refractivity contribution in [2.75, 3.05) is 11.5 Å². The summed E-state index contributed by atoms with van der Waals surface area (Å²) in [5.41, 5.74) is 6.62. The van der Waals surface area contributed by atoms with Gasteiger partial charge in [0.1, 0.15) is 0 Å². The van der Waals surface area contributed by atoms with Gasteiger partial charge in [-0.1, -0.05) is 90.5 Å². The first-order chi connectivity index (χ1) is 22.4. The molecule has 1 aliphatic heterocycles. The van der Waals surface area contributed by atoms with Gasteiger partial charge in [0, 0.05) is 16.5 Å². The number of imide groups is 1. The zero-order valence-corrected chi connectivity index (χ0v) is 24.8. The van der Waals surface area contributed by atoms with E-state index in [0.29, 0.717) is 44.5 Å². The van der Waals surface area contributed by atoms with Gasteiger partial charge in [-0.05, 0) is 60.5 Å². The minimum absolute atomic E-state index is 0.278. The molecule has 0 bridgehead atoms. The number of Topliss-reactive ketones (excluding diaryl/α,β-unsaturated/α-hetero) is 1. The Bertz CT molecular complexity index is 2140. The molecule has 0 radical (unpaired) electrons. The highest BCUT2D eigenvalue weighted by atomic mass is 16.5. The SMILES string of the molecule is Cc1ccc2nc(-c3ccc(N4C(=O)c5ccccc5C4=O)cc3)cc(C(=O)OCC(=O)c3ccc(-c4ccccc4)cc3)c2c1. The van der Waals surface area contributed by atoms with Crippen molar-refractivity contribution in [1.82, 2.24) is 4.98 Å².